The Hall–Kier alpha value is -2.62. The van der Waals surface area contributed by atoms with Crippen molar-refractivity contribution in [2.45, 2.75) is 11.1 Å². The van der Waals surface area contributed by atoms with E-state index in [2.05, 4.69) is 4.18 Å². The average Bonchev–Trinajstić information content (AvgIpc) is 2.46. The van der Waals surface area contributed by atoms with Crippen LogP contribution in [0, 0.1) is 5.82 Å². The first-order chi connectivity index (χ1) is 11.0. The second-order valence-electron chi connectivity index (χ2n) is 4.57. The summed E-state index contributed by atoms with van der Waals surface area (Å²) in [4.78, 5) is 10.1. The Bertz CT molecular complexity index is 894. The van der Waals surface area contributed by atoms with E-state index in [1.807, 2.05) is 0 Å². The van der Waals surface area contributed by atoms with E-state index in [0.29, 0.717) is 12.1 Å². The van der Waals surface area contributed by atoms with Crippen molar-refractivity contribution in [3.63, 3.8) is 0 Å². The molecule has 0 saturated heterocycles. The topological polar surface area (TPSA) is 86.5 Å². The Morgan fingerprint density at radius 2 is 1.75 bits per heavy atom. The lowest BCUT2D eigenvalue weighted by molar-refractivity contribution is -0.140. The molecule has 0 radical (unpaired) electrons. The molecule has 2 N–H and O–H groups in total. The van der Waals surface area contributed by atoms with Gasteiger partial charge in [-0.1, -0.05) is 6.07 Å². The highest BCUT2D eigenvalue weighted by Crippen LogP contribution is 2.33. The summed E-state index contributed by atoms with van der Waals surface area (Å²) in [5.74, 6) is -2.79. The Morgan fingerprint density at radius 3 is 2.33 bits per heavy atom. The molecule has 2 aromatic rings. The summed E-state index contributed by atoms with van der Waals surface area (Å²) in [6.45, 7) is 0. The first-order valence-corrected chi connectivity index (χ1v) is 7.62. The zero-order chi connectivity index (χ0) is 18.1. The molecule has 10 heteroatoms. The summed E-state index contributed by atoms with van der Waals surface area (Å²) < 4.78 is 79.9. The van der Waals surface area contributed by atoms with E-state index in [9.17, 15) is 30.8 Å². The van der Waals surface area contributed by atoms with Gasteiger partial charge in [-0.2, -0.15) is 21.6 Å². The lowest BCUT2D eigenvalue weighted by Gasteiger charge is -2.11. The van der Waals surface area contributed by atoms with E-state index < -0.39 is 38.5 Å². The molecular formula is C14H9F4NO4S. The molecule has 5 nitrogen and oxygen atoms in total. The molecule has 0 spiro atoms. The summed E-state index contributed by atoms with van der Waals surface area (Å²) in [5.41, 5.74) is 3.24. The lowest BCUT2D eigenvalue weighted by Crippen LogP contribution is -2.15. The van der Waals surface area contributed by atoms with E-state index in [4.69, 9.17) is 5.73 Å². The van der Waals surface area contributed by atoms with Gasteiger partial charge in [-0.3, -0.25) is 4.79 Å². The SMILES string of the molecule is NC(=O)c1cccc(OS(=O)(=O)c2ccc(F)c(C(F)(F)F)c2)c1. The normalized spacial score (nSPS) is 12.0. The van der Waals surface area contributed by atoms with Crippen molar-refractivity contribution < 1.29 is 35.0 Å². The molecule has 2 rings (SSSR count). The predicted octanol–water partition coefficient (Wildman–Crippen LogP) is 2.71. The Morgan fingerprint density at radius 1 is 1.08 bits per heavy atom. The van der Waals surface area contributed by atoms with Gasteiger partial charge in [-0.15, -0.1) is 0 Å². The number of halogens is 4. The van der Waals surface area contributed by atoms with Gasteiger partial charge in [-0.05, 0) is 36.4 Å². The minimum atomic E-state index is -5.07. The zero-order valence-electron chi connectivity index (χ0n) is 11.7. The number of amides is 1. The van der Waals surface area contributed by atoms with Crippen molar-refractivity contribution >= 4 is 16.0 Å². The number of rotatable bonds is 4. The van der Waals surface area contributed by atoms with Gasteiger partial charge in [0.1, 0.15) is 16.5 Å². The highest BCUT2D eigenvalue weighted by molar-refractivity contribution is 7.87. The molecule has 0 unspecified atom stereocenters. The summed E-state index contributed by atoms with van der Waals surface area (Å²) in [7, 11) is -4.67. The predicted molar refractivity (Wildman–Crippen MR) is 74.2 cm³/mol. The molecule has 0 aliphatic heterocycles. The quantitative estimate of drug-likeness (QED) is 0.668. The van der Waals surface area contributed by atoms with Crippen LogP contribution < -0.4 is 9.92 Å². The average molecular weight is 363 g/mol. The minimum Gasteiger partial charge on any atom is -0.379 e. The fraction of sp³-hybridized carbons (Fsp3) is 0.0714. The van der Waals surface area contributed by atoms with Crippen molar-refractivity contribution in [2.24, 2.45) is 5.73 Å². The summed E-state index contributed by atoms with van der Waals surface area (Å²) in [5, 5.41) is 0. The number of nitrogens with two attached hydrogens (primary N) is 1. The van der Waals surface area contributed by atoms with E-state index in [1.165, 1.54) is 12.1 Å². The Labute approximate surface area is 133 Å². The van der Waals surface area contributed by atoms with Crippen LogP contribution >= 0.6 is 0 Å². The van der Waals surface area contributed by atoms with E-state index in [0.717, 1.165) is 12.1 Å². The number of carbonyl (C=O) groups excluding carboxylic acids is 1. The van der Waals surface area contributed by atoms with E-state index >= 15 is 0 Å². The third-order valence-electron chi connectivity index (χ3n) is 2.86. The molecule has 0 bridgehead atoms. The van der Waals surface area contributed by atoms with E-state index in [1.54, 1.807) is 0 Å². The van der Waals surface area contributed by atoms with Crippen molar-refractivity contribution in [1.29, 1.82) is 0 Å². The molecule has 0 heterocycles. The summed E-state index contributed by atoms with van der Waals surface area (Å²) in [6.07, 6.45) is -5.07. The molecule has 2 aromatic carbocycles. The maximum Gasteiger partial charge on any atom is 0.419 e. The van der Waals surface area contributed by atoms with Crippen LogP contribution in [0.1, 0.15) is 15.9 Å². The van der Waals surface area contributed by atoms with Gasteiger partial charge in [0.25, 0.3) is 0 Å². The van der Waals surface area contributed by atoms with Gasteiger partial charge in [0, 0.05) is 5.56 Å². The first-order valence-electron chi connectivity index (χ1n) is 6.22. The van der Waals surface area contributed by atoms with Crippen molar-refractivity contribution in [1.82, 2.24) is 0 Å². The van der Waals surface area contributed by atoms with Gasteiger partial charge in [-0.25, -0.2) is 4.39 Å². The summed E-state index contributed by atoms with van der Waals surface area (Å²) in [6, 6.07) is 5.88. The fourth-order valence-electron chi connectivity index (χ4n) is 1.75. The van der Waals surface area contributed by atoms with Crippen LogP contribution in [0.25, 0.3) is 0 Å². The summed E-state index contributed by atoms with van der Waals surface area (Å²) >= 11 is 0. The largest absolute Gasteiger partial charge is 0.419 e. The van der Waals surface area contributed by atoms with Crippen molar-refractivity contribution in [3.05, 3.63) is 59.4 Å². The Kier molecular flexibility index (Phi) is 4.52. The minimum absolute atomic E-state index is 0.0576. The Balaban J connectivity index is 2.41. The van der Waals surface area contributed by atoms with Crippen molar-refractivity contribution in [2.75, 3.05) is 0 Å². The molecule has 0 saturated carbocycles. The number of benzene rings is 2. The third kappa shape index (κ3) is 3.82. The molecule has 0 aliphatic rings. The van der Waals surface area contributed by atoms with Gasteiger partial charge < -0.3 is 9.92 Å². The first kappa shape index (κ1) is 17.7. The number of hydrogen-bond donors (Lipinski definition) is 1. The zero-order valence-corrected chi connectivity index (χ0v) is 12.5. The molecule has 1 amide bonds. The van der Waals surface area contributed by atoms with Gasteiger partial charge >= 0.3 is 16.3 Å². The second-order valence-corrected chi connectivity index (χ2v) is 6.12. The maximum absolute atomic E-state index is 13.2. The highest BCUT2D eigenvalue weighted by atomic mass is 32.2. The van der Waals surface area contributed by atoms with Gasteiger partial charge in [0.05, 0.1) is 5.56 Å². The van der Waals surface area contributed by atoms with Gasteiger partial charge in [0.2, 0.25) is 5.91 Å². The molecular weight excluding hydrogens is 354 g/mol. The van der Waals surface area contributed by atoms with Crippen LogP contribution in [0.15, 0.2) is 47.4 Å². The van der Waals surface area contributed by atoms with Crippen LogP contribution in [-0.2, 0) is 16.3 Å². The molecule has 0 fully saturated rings. The standard InChI is InChI=1S/C14H9F4NO4S/c15-12-5-4-10(7-11(12)14(16,17)18)24(21,22)23-9-3-1-2-8(6-9)13(19)20/h1-7H,(H2,19,20). The number of carbonyl (C=O) groups is 1. The van der Waals surface area contributed by atoms with Crippen LogP contribution in [0.5, 0.6) is 5.75 Å². The third-order valence-corrected chi connectivity index (χ3v) is 4.10. The molecule has 0 aliphatic carbocycles. The molecule has 128 valence electrons. The highest BCUT2D eigenvalue weighted by Gasteiger charge is 2.35. The second kappa shape index (κ2) is 6.11. The smallest absolute Gasteiger partial charge is 0.379 e. The molecule has 0 atom stereocenters. The van der Waals surface area contributed by atoms with E-state index in [-0.39, 0.29) is 17.4 Å². The fourth-order valence-corrected chi connectivity index (χ4v) is 2.70. The number of alkyl halides is 3. The van der Waals surface area contributed by atoms with Crippen molar-refractivity contribution in [3.8, 4) is 5.75 Å². The molecule has 24 heavy (non-hydrogen) atoms. The van der Waals surface area contributed by atoms with Crippen LogP contribution in [0.4, 0.5) is 17.6 Å². The van der Waals surface area contributed by atoms with Gasteiger partial charge in [0.15, 0.2) is 0 Å². The maximum atomic E-state index is 13.2. The van der Waals surface area contributed by atoms with Crippen LogP contribution in [0.2, 0.25) is 0 Å². The monoisotopic (exact) mass is 363 g/mol. The van der Waals surface area contributed by atoms with Crippen LogP contribution in [0.3, 0.4) is 0 Å². The van der Waals surface area contributed by atoms with Crippen LogP contribution in [-0.4, -0.2) is 14.3 Å². The molecule has 0 aromatic heterocycles. The number of hydrogen-bond acceptors (Lipinski definition) is 4. The lowest BCUT2D eigenvalue weighted by atomic mass is 10.2. The number of primary amides is 1.